The van der Waals surface area contributed by atoms with Crippen molar-refractivity contribution in [3.05, 3.63) is 0 Å². The number of halogens is 1. The first-order chi connectivity index (χ1) is 5.08. The SMILES string of the molecule is O=S(=O)(Cl)CCC1CCCO1. The highest BCUT2D eigenvalue weighted by atomic mass is 35.7. The molecule has 0 amide bonds. The van der Waals surface area contributed by atoms with E-state index in [0.717, 1.165) is 19.4 Å². The van der Waals surface area contributed by atoms with Crippen LogP contribution >= 0.6 is 10.7 Å². The average molecular weight is 199 g/mol. The van der Waals surface area contributed by atoms with Gasteiger partial charge in [-0.25, -0.2) is 8.42 Å². The molecule has 0 aliphatic carbocycles. The van der Waals surface area contributed by atoms with E-state index in [-0.39, 0.29) is 11.9 Å². The number of ether oxygens (including phenoxy) is 1. The van der Waals surface area contributed by atoms with Gasteiger partial charge < -0.3 is 4.74 Å². The lowest BCUT2D eigenvalue weighted by Crippen LogP contribution is -2.10. The molecule has 0 bridgehead atoms. The molecule has 1 aliphatic rings. The predicted molar refractivity (Wildman–Crippen MR) is 43.2 cm³/mol. The fourth-order valence-corrected chi connectivity index (χ4v) is 1.96. The summed E-state index contributed by atoms with van der Waals surface area (Å²) in [4.78, 5) is 0. The molecule has 1 rings (SSSR count). The summed E-state index contributed by atoms with van der Waals surface area (Å²) in [5.41, 5.74) is 0. The molecule has 3 nitrogen and oxygen atoms in total. The summed E-state index contributed by atoms with van der Waals surface area (Å²) in [6, 6.07) is 0. The molecule has 1 saturated heterocycles. The van der Waals surface area contributed by atoms with Gasteiger partial charge in [0.25, 0.3) is 0 Å². The average Bonchev–Trinajstić information content (AvgIpc) is 2.32. The molecule has 0 aromatic heterocycles. The maximum absolute atomic E-state index is 10.5. The minimum Gasteiger partial charge on any atom is -0.378 e. The van der Waals surface area contributed by atoms with Crippen LogP contribution in [0.1, 0.15) is 19.3 Å². The summed E-state index contributed by atoms with van der Waals surface area (Å²) in [6.07, 6.45) is 2.65. The second-order valence-corrected chi connectivity index (χ2v) is 5.56. The van der Waals surface area contributed by atoms with Crippen molar-refractivity contribution in [2.75, 3.05) is 12.4 Å². The van der Waals surface area contributed by atoms with Gasteiger partial charge in [0.2, 0.25) is 9.05 Å². The van der Waals surface area contributed by atoms with E-state index in [2.05, 4.69) is 0 Å². The van der Waals surface area contributed by atoms with Gasteiger partial charge >= 0.3 is 0 Å². The quantitative estimate of drug-likeness (QED) is 0.639. The molecule has 5 heteroatoms. The van der Waals surface area contributed by atoms with Gasteiger partial charge in [-0.2, -0.15) is 0 Å². The minimum atomic E-state index is -3.32. The number of hydrogen-bond donors (Lipinski definition) is 0. The van der Waals surface area contributed by atoms with Gasteiger partial charge in [-0.3, -0.25) is 0 Å². The monoisotopic (exact) mass is 198 g/mol. The van der Waals surface area contributed by atoms with Crippen molar-refractivity contribution >= 4 is 19.7 Å². The molecular weight excluding hydrogens is 188 g/mol. The van der Waals surface area contributed by atoms with Crippen LogP contribution in [0, 0.1) is 0 Å². The van der Waals surface area contributed by atoms with Crippen molar-refractivity contribution in [1.29, 1.82) is 0 Å². The van der Waals surface area contributed by atoms with E-state index in [1.54, 1.807) is 0 Å². The Labute approximate surface area is 71.1 Å². The van der Waals surface area contributed by atoms with Gasteiger partial charge in [0.1, 0.15) is 0 Å². The summed E-state index contributed by atoms with van der Waals surface area (Å²) in [7, 11) is 1.71. The summed E-state index contributed by atoms with van der Waals surface area (Å²) < 4.78 is 26.2. The van der Waals surface area contributed by atoms with Crippen LogP contribution in [0.4, 0.5) is 0 Å². The van der Waals surface area contributed by atoms with E-state index in [0.29, 0.717) is 6.42 Å². The molecule has 1 fully saturated rings. The topological polar surface area (TPSA) is 43.4 Å². The fraction of sp³-hybridized carbons (Fsp3) is 1.00. The van der Waals surface area contributed by atoms with Crippen LogP contribution in [-0.2, 0) is 13.8 Å². The van der Waals surface area contributed by atoms with Crippen LogP contribution in [0.5, 0.6) is 0 Å². The van der Waals surface area contributed by atoms with E-state index in [4.69, 9.17) is 15.4 Å². The largest absolute Gasteiger partial charge is 0.378 e. The molecule has 1 atom stereocenters. The Morgan fingerprint density at radius 1 is 1.55 bits per heavy atom. The molecule has 0 radical (unpaired) electrons. The van der Waals surface area contributed by atoms with E-state index in [9.17, 15) is 8.42 Å². The number of hydrogen-bond acceptors (Lipinski definition) is 3. The smallest absolute Gasteiger partial charge is 0.232 e. The molecule has 0 N–H and O–H groups in total. The van der Waals surface area contributed by atoms with Gasteiger partial charge in [0, 0.05) is 17.3 Å². The molecule has 1 unspecified atom stereocenters. The predicted octanol–water partition coefficient (Wildman–Crippen LogP) is 1.12. The third kappa shape index (κ3) is 3.94. The lowest BCUT2D eigenvalue weighted by molar-refractivity contribution is 0.109. The maximum atomic E-state index is 10.5. The summed E-state index contributed by atoms with van der Waals surface area (Å²) in [5, 5.41) is 0. The van der Waals surface area contributed by atoms with E-state index < -0.39 is 9.05 Å². The zero-order chi connectivity index (χ0) is 8.32. The van der Waals surface area contributed by atoms with Crippen LogP contribution < -0.4 is 0 Å². The molecular formula is C6H11ClO3S. The summed E-state index contributed by atoms with van der Waals surface area (Å²) in [5.74, 6) is 0.0270. The molecule has 0 aromatic rings. The molecule has 0 saturated carbocycles. The summed E-state index contributed by atoms with van der Waals surface area (Å²) >= 11 is 0. The molecule has 0 spiro atoms. The third-order valence-electron chi connectivity index (χ3n) is 1.71. The second-order valence-electron chi connectivity index (χ2n) is 2.67. The van der Waals surface area contributed by atoms with Crippen molar-refractivity contribution < 1.29 is 13.2 Å². The lowest BCUT2D eigenvalue weighted by Gasteiger charge is -2.05. The van der Waals surface area contributed by atoms with Crippen molar-refractivity contribution in [2.45, 2.75) is 25.4 Å². The van der Waals surface area contributed by atoms with Crippen LogP contribution in [-0.4, -0.2) is 26.9 Å². The molecule has 11 heavy (non-hydrogen) atoms. The van der Waals surface area contributed by atoms with Gasteiger partial charge in [-0.15, -0.1) is 0 Å². The van der Waals surface area contributed by atoms with Crippen molar-refractivity contribution in [1.82, 2.24) is 0 Å². The van der Waals surface area contributed by atoms with E-state index in [1.807, 2.05) is 0 Å². The molecule has 66 valence electrons. The highest BCUT2D eigenvalue weighted by molar-refractivity contribution is 8.13. The molecule has 1 aliphatic heterocycles. The third-order valence-corrected chi connectivity index (χ3v) is 2.89. The Kier molecular flexibility index (Phi) is 3.16. The Balaban J connectivity index is 2.22. The van der Waals surface area contributed by atoms with Crippen LogP contribution in [0.2, 0.25) is 0 Å². The van der Waals surface area contributed by atoms with Crippen LogP contribution in [0.3, 0.4) is 0 Å². The molecule has 1 heterocycles. The number of rotatable bonds is 3. The van der Waals surface area contributed by atoms with E-state index in [1.165, 1.54) is 0 Å². The Morgan fingerprint density at radius 2 is 2.27 bits per heavy atom. The van der Waals surface area contributed by atoms with Gasteiger partial charge in [-0.1, -0.05) is 0 Å². The zero-order valence-corrected chi connectivity index (χ0v) is 7.70. The van der Waals surface area contributed by atoms with Gasteiger partial charge in [0.05, 0.1) is 11.9 Å². The Morgan fingerprint density at radius 3 is 2.73 bits per heavy atom. The van der Waals surface area contributed by atoms with Crippen molar-refractivity contribution in [2.24, 2.45) is 0 Å². The maximum Gasteiger partial charge on any atom is 0.232 e. The summed E-state index contributed by atoms with van der Waals surface area (Å²) in [6.45, 7) is 0.757. The minimum absolute atomic E-state index is 0.0270. The highest BCUT2D eigenvalue weighted by Crippen LogP contribution is 2.16. The van der Waals surface area contributed by atoms with Crippen LogP contribution in [0.15, 0.2) is 0 Å². The van der Waals surface area contributed by atoms with Gasteiger partial charge in [-0.05, 0) is 19.3 Å². The van der Waals surface area contributed by atoms with Crippen molar-refractivity contribution in [3.8, 4) is 0 Å². The Hall–Kier alpha value is 0.200. The van der Waals surface area contributed by atoms with Crippen LogP contribution in [0.25, 0.3) is 0 Å². The fourth-order valence-electron chi connectivity index (χ4n) is 1.14. The van der Waals surface area contributed by atoms with Crippen molar-refractivity contribution in [3.63, 3.8) is 0 Å². The second kappa shape index (κ2) is 3.74. The first-order valence-electron chi connectivity index (χ1n) is 3.62. The lowest BCUT2D eigenvalue weighted by atomic mass is 10.2. The zero-order valence-electron chi connectivity index (χ0n) is 6.12. The highest BCUT2D eigenvalue weighted by Gasteiger charge is 2.17. The van der Waals surface area contributed by atoms with Gasteiger partial charge in [0.15, 0.2) is 0 Å². The molecule has 0 aromatic carbocycles. The normalized spacial score (nSPS) is 25.7. The first kappa shape index (κ1) is 9.29. The Bertz CT molecular complexity index is 206. The standard InChI is InChI=1S/C6H11ClO3S/c7-11(8,9)5-3-6-2-1-4-10-6/h6H,1-5H2. The van der Waals surface area contributed by atoms with E-state index >= 15 is 0 Å². The first-order valence-corrected chi connectivity index (χ1v) is 6.10.